The number of urea groups is 1. The second kappa shape index (κ2) is 13.2. The molecular weight excluding hydrogens is 647 g/mol. The highest BCUT2D eigenvalue weighted by Crippen LogP contribution is 2.45. The van der Waals surface area contributed by atoms with Gasteiger partial charge in [0.2, 0.25) is 5.88 Å². The molecule has 1 aliphatic heterocycles. The van der Waals surface area contributed by atoms with Crippen LogP contribution < -0.4 is 14.8 Å². The highest BCUT2D eigenvalue weighted by atomic mass is 32.2. The van der Waals surface area contributed by atoms with Gasteiger partial charge >= 0.3 is 6.03 Å². The van der Waals surface area contributed by atoms with E-state index in [1.54, 1.807) is 11.8 Å². The number of carbonyl (C=O) groups excluding carboxylic acids is 1. The van der Waals surface area contributed by atoms with Crippen LogP contribution in [0.5, 0.6) is 5.88 Å². The van der Waals surface area contributed by atoms with Crippen LogP contribution in [0.15, 0.2) is 113 Å². The van der Waals surface area contributed by atoms with E-state index in [4.69, 9.17) is 9.47 Å². The van der Waals surface area contributed by atoms with Gasteiger partial charge in [-0.2, -0.15) is 5.10 Å². The molecule has 0 bridgehead atoms. The molecule has 0 fully saturated rings. The van der Waals surface area contributed by atoms with Gasteiger partial charge in [-0.25, -0.2) is 18.4 Å². The second-order valence-corrected chi connectivity index (χ2v) is 15.3. The molecule has 10 heteroatoms. The van der Waals surface area contributed by atoms with Gasteiger partial charge in [0.15, 0.2) is 9.92 Å². The van der Waals surface area contributed by atoms with E-state index in [0.29, 0.717) is 19.1 Å². The van der Waals surface area contributed by atoms with Crippen LogP contribution in [0.1, 0.15) is 70.7 Å². The first kappa shape index (κ1) is 32.4. The molecule has 0 saturated carbocycles. The number of hydrogen-bond acceptors (Lipinski definition) is 5. The van der Waals surface area contributed by atoms with Gasteiger partial charge in [-0.15, -0.1) is 4.36 Å². The topological polar surface area (TPSA) is 107 Å². The maximum absolute atomic E-state index is 16.0. The highest BCUT2D eigenvalue weighted by Gasteiger charge is 2.43. The van der Waals surface area contributed by atoms with Gasteiger partial charge in [-0.1, -0.05) is 97.1 Å². The van der Waals surface area contributed by atoms with Crippen LogP contribution in [0.3, 0.4) is 0 Å². The number of nitrogens with zero attached hydrogens (tertiary/aromatic N) is 3. The summed E-state index contributed by atoms with van der Waals surface area (Å²) >= 11 is 0. The van der Waals surface area contributed by atoms with E-state index in [-0.39, 0.29) is 16.9 Å². The molecule has 0 spiro atoms. The molecule has 5 aromatic rings. The number of ether oxygens (including phenoxy) is 2. The number of nitrogens with one attached hydrogen (secondary N) is 2. The molecule has 8 rings (SSSR count). The van der Waals surface area contributed by atoms with Gasteiger partial charge in [0.25, 0.3) is 0 Å². The van der Waals surface area contributed by atoms with Crippen molar-refractivity contribution in [2.75, 3.05) is 25.6 Å². The van der Waals surface area contributed by atoms with Crippen LogP contribution in [0.25, 0.3) is 0 Å². The van der Waals surface area contributed by atoms with Crippen molar-refractivity contribution in [3.05, 3.63) is 142 Å². The molecule has 0 saturated heterocycles. The number of amides is 2. The Balaban J connectivity index is 1.33. The van der Waals surface area contributed by atoms with Crippen LogP contribution in [0.2, 0.25) is 0 Å². The molecule has 2 amide bonds. The number of benzene rings is 4. The summed E-state index contributed by atoms with van der Waals surface area (Å²) in [6.07, 6.45) is 6.28. The summed E-state index contributed by atoms with van der Waals surface area (Å²) in [5, 5.41) is 7.76. The van der Waals surface area contributed by atoms with Crippen LogP contribution in [-0.4, -0.2) is 40.3 Å². The Bertz CT molecular complexity index is 2060. The van der Waals surface area contributed by atoms with Gasteiger partial charge in [0.05, 0.1) is 18.8 Å². The molecule has 2 N–H and O–H groups in total. The average Bonchev–Trinajstić information content (AvgIpc) is 3.95. The van der Waals surface area contributed by atoms with Crippen molar-refractivity contribution in [3.63, 3.8) is 0 Å². The maximum Gasteiger partial charge on any atom is 0.354 e. The second-order valence-electron chi connectivity index (χ2n) is 13.4. The first-order chi connectivity index (χ1) is 24.4. The molecule has 1 aromatic heterocycles. The van der Waals surface area contributed by atoms with Gasteiger partial charge < -0.3 is 14.8 Å². The molecule has 3 aliphatic rings. The van der Waals surface area contributed by atoms with E-state index in [1.807, 2.05) is 97.9 Å². The molecule has 2 aliphatic carbocycles. The highest BCUT2D eigenvalue weighted by molar-refractivity contribution is 7.92. The Labute approximate surface area is 293 Å². The fourth-order valence-electron chi connectivity index (χ4n) is 8.05. The van der Waals surface area contributed by atoms with E-state index in [2.05, 4.69) is 25.6 Å². The number of hydrogen-bond donors (Lipinski definition) is 2. The third kappa shape index (κ3) is 5.52. The lowest BCUT2D eigenvalue weighted by Gasteiger charge is -2.37. The third-order valence-electron chi connectivity index (χ3n) is 10.3. The van der Waals surface area contributed by atoms with Gasteiger partial charge in [0, 0.05) is 18.7 Å². The molecule has 2 heterocycles. The molecular formula is C40H41N5O4S. The fourth-order valence-corrected chi connectivity index (χ4v) is 9.93. The van der Waals surface area contributed by atoms with E-state index in [1.165, 1.54) is 17.3 Å². The third-order valence-corrected chi connectivity index (χ3v) is 12.2. The lowest BCUT2D eigenvalue weighted by molar-refractivity contribution is 0.179. The normalized spacial score (nSPS) is 18.8. The van der Waals surface area contributed by atoms with Crippen molar-refractivity contribution in [2.45, 2.75) is 61.4 Å². The Morgan fingerprint density at radius 2 is 1.60 bits per heavy atom. The minimum Gasteiger partial charge on any atom is -0.475 e. The Hall–Kier alpha value is -4.77. The first-order valence-electron chi connectivity index (χ1n) is 17.3. The van der Waals surface area contributed by atoms with E-state index < -0.39 is 21.5 Å². The molecule has 9 nitrogen and oxygen atoms in total. The summed E-state index contributed by atoms with van der Waals surface area (Å²) in [5.41, 5.74) is 6.88. The van der Waals surface area contributed by atoms with Crippen LogP contribution in [-0.2, 0) is 39.5 Å². The first-order valence-corrected chi connectivity index (χ1v) is 18.8. The standard InChI is InChI=1S/C40H41N5O4S/c1-27-25-49-38-35(24-41-45(27)38)50(47,43-39(46)42-37-34-20-12-13-28(34)23-29-21-22-30(26-48-2)36(29)37)44-40(31-14-6-3-7-15-31,32-16-8-4-9-17-32)33-18-10-5-11-19-33/h3-11,14-19,23-24,27,30H,12-13,20-22,25-26H2,1-2H3,(H2,42,43,44,46,47)/t27-,30-,50+/m1/s1. The monoisotopic (exact) mass is 687 g/mol. The SMILES string of the molecule is COC[C@H]1CCc2cc3c(c(NC(=O)N=[S@](=O)(NC(c4ccccc4)(c4ccccc4)c4ccccc4)c4cnn5c4OC[C@H]5C)c21)CCC3. The van der Waals surface area contributed by atoms with E-state index >= 15 is 4.21 Å². The molecule has 0 radical (unpaired) electrons. The molecule has 50 heavy (non-hydrogen) atoms. The van der Waals surface area contributed by atoms with E-state index in [0.717, 1.165) is 65.6 Å². The van der Waals surface area contributed by atoms with Gasteiger partial charge in [-0.05, 0) is 78.0 Å². The van der Waals surface area contributed by atoms with E-state index in [9.17, 15) is 4.79 Å². The number of aryl methyl sites for hydroxylation is 2. The number of rotatable bonds is 9. The molecule has 3 atom stereocenters. The number of fused-ring (bicyclic) bond motifs is 3. The summed E-state index contributed by atoms with van der Waals surface area (Å²) in [4.78, 5) is 14.7. The molecule has 0 unspecified atom stereocenters. The zero-order chi connectivity index (χ0) is 34.3. The van der Waals surface area contributed by atoms with Crippen molar-refractivity contribution >= 4 is 21.6 Å². The summed E-state index contributed by atoms with van der Waals surface area (Å²) in [5.74, 6) is 0.505. The lowest BCUT2D eigenvalue weighted by Crippen LogP contribution is -2.48. The van der Waals surface area contributed by atoms with Gasteiger partial charge in [0.1, 0.15) is 17.0 Å². The number of methoxy groups -OCH3 is 1. The van der Waals surface area contributed by atoms with Crippen LogP contribution >= 0.6 is 0 Å². The zero-order valence-corrected chi connectivity index (χ0v) is 29.1. The van der Waals surface area contributed by atoms with Crippen molar-refractivity contribution in [1.82, 2.24) is 14.5 Å². The van der Waals surface area contributed by atoms with Crippen LogP contribution in [0.4, 0.5) is 10.5 Å². The predicted molar refractivity (Wildman–Crippen MR) is 194 cm³/mol. The quantitative estimate of drug-likeness (QED) is 0.156. The fraction of sp³-hybridized carbons (Fsp3) is 0.300. The number of anilines is 1. The Morgan fingerprint density at radius 1 is 0.960 bits per heavy atom. The smallest absolute Gasteiger partial charge is 0.354 e. The Kier molecular flexibility index (Phi) is 8.54. The van der Waals surface area contributed by atoms with Crippen molar-refractivity contribution in [1.29, 1.82) is 0 Å². The molecule has 4 aromatic carbocycles. The zero-order valence-electron chi connectivity index (χ0n) is 28.3. The Morgan fingerprint density at radius 3 is 2.22 bits per heavy atom. The predicted octanol–water partition coefficient (Wildman–Crippen LogP) is 7.56. The average molecular weight is 688 g/mol. The molecule has 256 valence electrons. The maximum atomic E-state index is 16.0. The van der Waals surface area contributed by atoms with Crippen molar-refractivity contribution in [2.24, 2.45) is 4.36 Å². The lowest BCUT2D eigenvalue weighted by atomic mass is 9.78. The minimum atomic E-state index is -3.82. The summed E-state index contributed by atoms with van der Waals surface area (Å²) in [6, 6.07) is 31.2. The summed E-state index contributed by atoms with van der Waals surface area (Å²) < 4.78 is 37.6. The van der Waals surface area contributed by atoms with Crippen molar-refractivity contribution < 1.29 is 18.5 Å². The van der Waals surface area contributed by atoms with Gasteiger partial charge in [-0.3, -0.25) is 0 Å². The van der Waals surface area contributed by atoms with Crippen molar-refractivity contribution in [3.8, 4) is 5.88 Å². The number of carbonyl (C=O) groups is 1. The number of aromatic nitrogens is 2. The van der Waals surface area contributed by atoms with Crippen LogP contribution in [0, 0.1) is 0 Å². The largest absolute Gasteiger partial charge is 0.475 e. The summed E-state index contributed by atoms with van der Waals surface area (Å²) in [7, 11) is -2.10. The summed E-state index contributed by atoms with van der Waals surface area (Å²) in [6.45, 7) is 2.93. The minimum absolute atomic E-state index is 0.0643.